The zero-order valence-corrected chi connectivity index (χ0v) is 17.2. The van der Waals surface area contributed by atoms with Crippen LogP contribution in [0.2, 0.25) is 10.0 Å². The Hall–Kier alpha value is -1.83. The Morgan fingerprint density at radius 2 is 2.12 bits per heavy atom. The lowest BCUT2D eigenvalue weighted by Gasteiger charge is -2.11. The van der Waals surface area contributed by atoms with E-state index in [0.717, 1.165) is 15.7 Å². The summed E-state index contributed by atoms with van der Waals surface area (Å²) in [4.78, 5) is 12.4. The molecule has 0 radical (unpaired) electrons. The molecule has 1 atom stereocenters. The molecule has 1 unspecified atom stereocenters. The van der Waals surface area contributed by atoms with Crippen molar-refractivity contribution < 1.29 is 4.79 Å². The summed E-state index contributed by atoms with van der Waals surface area (Å²) in [5, 5.41) is 12.6. The normalized spacial score (nSPS) is 12.2. The van der Waals surface area contributed by atoms with Crippen LogP contribution in [0.4, 0.5) is 5.82 Å². The zero-order chi connectivity index (χ0) is 18.8. The lowest BCUT2D eigenvalue weighted by molar-refractivity contribution is -0.119. The number of nitrogens with one attached hydrogen (secondary N) is 1. The van der Waals surface area contributed by atoms with Gasteiger partial charge in [0.1, 0.15) is 6.04 Å². The van der Waals surface area contributed by atoms with E-state index in [0.29, 0.717) is 22.4 Å². The third-order valence-electron chi connectivity index (χ3n) is 3.91. The first kappa shape index (κ1) is 18.9. The van der Waals surface area contributed by atoms with Gasteiger partial charge in [0.25, 0.3) is 0 Å². The summed E-state index contributed by atoms with van der Waals surface area (Å²) in [7, 11) is 0. The Labute approximate surface area is 169 Å². The quantitative estimate of drug-likeness (QED) is 0.604. The minimum atomic E-state index is -0.461. The number of rotatable bonds is 5. The van der Waals surface area contributed by atoms with Crippen molar-refractivity contribution in [1.82, 2.24) is 19.6 Å². The minimum absolute atomic E-state index is 0.199. The molecular formula is C17H16BrCl2N5O. The third-order valence-corrected chi connectivity index (χ3v) is 4.91. The number of anilines is 1. The molecule has 2 aromatic heterocycles. The molecule has 2 heterocycles. The van der Waals surface area contributed by atoms with Crippen molar-refractivity contribution in [3.05, 3.63) is 62.4 Å². The van der Waals surface area contributed by atoms with E-state index >= 15 is 0 Å². The van der Waals surface area contributed by atoms with Crippen LogP contribution >= 0.6 is 39.1 Å². The van der Waals surface area contributed by atoms with Gasteiger partial charge in [-0.05, 0) is 47.5 Å². The summed E-state index contributed by atoms with van der Waals surface area (Å²) in [5.41, 5.74) is 1.80. The second kappa shape index (κ2) is 7.82. The van der Waals surface area contributed by atoms with E-state index in [1.54, 1.807) is 40.8 Å². The fourth-order valence-electron chi connectivity index (χ4n) is 2.42. The number of aryl methyl sites for hydroxylation is 1. The fraction of sp³-hybridized carbons (Fsp3) is 0.235. The van der Waals surface area contributed by atoms with Crippen LogP contribution in [-0.4, -0.2) is 25.5 Å². The molecule has 6 nitrogen and oxygen atoms in total. The Morgan fingerprint density at radius 1 is 1.35 bits per heavy atom. The lowest BCUT2D eigenvalue weighted by atomic mass is 10.2. The summed E-state index contributed by atoms with van der Waals surface area (Å²) >= 11 is 15.5. The van der Waals surface area contributed by atoms with Gasteiger partial charge in [0.05, 0.1) is 17.2 Å². The first-order valence-corrected chi connectivity index (χ1v) is 9.37. The number of amides is 1. The van der Waals surface area contributed by atoms with E-state index in [2.05, 4.69) is 31.4 Å². The maximum absolute atomic E-state index is 12.4. The summed E-state index contributed by atoms with van der Waals surface area (Å²) < 4.78 is 4.17. The van der Waals surface area contributed by atoms with Crippen molar-refractivity contribution in [1.29, 1.82) is 0 Å². The predicted molar refractivity (Wildman–Crippen MR) is 106 cm³/mol. The van der Waals surface area contributed by atoms with E-state index in [-0.39, 0.29) is 5.91 Å². The average molecular weight is 457 g/mol. The van der Waals surface area contributed by atoms with Crippen LogP contribution in [0.1, 0.15) is 24.2 Å². The second-order valence-electron chi connectivity index (χ2n) is 5.87. The lowest BCUT2D eigenvalue weighted by Crippen LogP contribution is -2.24. The summed E-state index contributed by atoms with van der Waals surface area (Å²) in [6, 6.07) is 6.70. The standard InChI is InChI=1S/C17H16BrCl2N5O/c1-10-5-16(22-17(26)11(2)25-9-13(18)7-21-25)23-24(10)8-12-3-4-14(19)6-15(12)20/h3-7,9,11H,8H2,1-2H3,(H,22,23,26). The third kappa shape index (κ3) is 4.28. The van der Waals surface area contributed by atoms with Gasteiger partial charge in [-0.3, -0.25) is 14.2 Å². The molecule has 3 aromatic rings. The number of halogens is 3. The Balaban J connectivity index is 1.72. The topological polar surface area (TPSA) is 64.7 Å². The van der Waals surface area contributed by atoms with E-state index in [4.69, 9.17) is 23.2 Å². The van der Waals surface area contributed by atoms with Crippen LogP contribution in [0.25, 0.3) is 0 Å². The molecule has 136 valence electrons. The van der Waals surface area contributed by atoms with Crippen molar-refractivity contribution in [2.75, 3.05) is 5.32 Å². The predicted octanol–water partition coefficient (Wildman–Crippen LogP) is 4.71. The molecule has 1 N–H and O–H groups in total. The smallest absolute Gasteiger partial charge is 0.250 e. The molecule has 0 fully saturated rings. The zero-order valence-electron chi connectivity index (χ0n) is 14.1. The Kier molecular flexibility index (Phi) is 5.70. The summed E-state index contributed by atoms with van der Waals surface area (Å²) in [6.45, 7) is 4.17. The molecule has 1 aromatic carbocycles. The van der Waals surface area contributed by atoms with Gasteiger partial charge >= 0.3 is 0 Å². The molecule has 0 aliphatic rings. The number of nitrogens with zero attached hydrogens (tertiary/aromatic N) is 4. The molecule has 0 spiro atoms. The van der Waals surface area contributed by atoms with Gasteiger partial charge in [0, 0.05) is 28.0 Å². The highest BCUT2D eigenvalue weighted by atomic mass is 79.9. The number of carbonyl (C=O) groups excluding carboxylic acids is 1. The monoisotopic (exact) mass is 455 g/mol. The number of hydrogen-bond acceptors (Lipinski definition) is 3. The molecule has 26 heavy (non-hydrogen) atoms. The SMILES string of the molecule is Cc1cc(NC(=O)C(C)n2cc(Br)cn2)nn1Cc1ccc(Cl)cc1Cl. The molecule has 0 aliphatic heterocycles. The molecular weight excluding hydrogens is 441 g/mol. The van der Waals surface area contributed by atoms with Crippen molar-refractivity contribution in [2.45, 2.75) is 26.4 Å². The summed E-state index contributed by atoms with van der Waals surface area (Å²) in [6.07, 6.45) is 3.38. The highest BCUT2D eigenvalue weighted by Crippen LogP contribution is 2.23. The minimum Gasteiger partial charge on any atom is -0.307 e. The average Bonchev–Trinajstić information content (AvgIpc) is 3.15. The van der Waals surface area contributed by atoms with Gasteiger partial charge in [-0.25, -0.2) is 0 Å². The first-order valence-electron chi connectivity index (χ1n) is 7.82. The molecule has 1 amide bonds. The second-order valence-corrected chi connectivity index (χ2v) is 7.63. The molecule has 0 bridgehead atoms. The van der Waals surface area contributed by atoms with Gasteiger partial charge in [0.2, 0.25) is 5.91 Å². The van der Waals surface area contributed by atoms with Crippen LogP contribution in [0.15, 0.2) is 41.1 Å². The van der Waals surface area contributed by atoms with Gasteiger partial charge in [-0.15, -0.1) is 0 Å². The van der Waals surface area contributed by atoms with E-state index in [9.17, 15) is 4.79 Å². The van der Waals surface area contributed by atoms with E-state index in [1.165, 1.54) is 0 Å². The Bertz CT molecular complexity index is 953. The number of benzene rings is 1. The van der Waals surface area contributed by atoms with Crippen LogP contribution in [0.5, 0.6) is 0 Å². The van der Waals surface area contributed by atoms with Crippen molar-refractivity contribution >= 4 is 50.9 Å². The molecule has 0 saturated carbocycles. The van der Waals surface area contributed by atoms with Crippen molar-refractivity contribution in [2.24, 2.45) is 0 Å². The number of carbonyl (C=O) groups is 1. The largest absolute Gasteiger partial charge is 0.307 e. The maximum Gasteiger partial charge on any atom is 0.250 e. The first-order chi connectivity index (χ1) is 12.3. The molecule has 3 rings (SSSR count). The highest BCUT2D eigenvalue weighted by Gasteiger charge is 2.18. The number of aromatic nitrogens is 4. The van der Waals surface area contributed by atoms with Gasteiger partial charge in [-0.2, -0.15) is 10.2 Å². The van der Waals surface area contributed by atoms with Crippen molar-refractivity contribution in [3.63, 3.8) is 0 Å². The summed E-state index contributed by atoms with van der Waals surface area (Å²) in [5.74, 6) is 0.283. The Morgan fingerprint density at radius 3 is 2.77 bits per heavy atom. The van der Waals surface area contributed by atoms with Crippen LogP contribution in [0, 0.1) is 6.92 Å². The van der Waals surface area contributed by atoms with Gasteiger partial charge < -0.3 is 5.32 Å². The van der Waals surface area contributed by atoms with Crippen LogP contribution in [0.3, 0.4) is 0 Å². The van der Waals surface area contributed by atoms with Crippen LogP contribution < -0.4 is 5.32 Å². The van der Waals surface area contributed by atoms with E-state index in [1.807, 2.05) is 19.1 Å². The molecule has 0 saturated heterocycles. The van der Waals surface area contributed by atoms with Gasteiger partial charge in [-0.1, -0.05) is 29.3 Å². The molecule has 9 heteroatoms. The van der Waals surface area contributed by atoms with Crippen molar-refractivity contribution in [3.8, 4) is 0 Å². The van der Waals surface area contributed by atoms with E-state index < -0.39 is 6.04 Å². The maximum atomic E-state index is 12.4. The number of hydrogen-bond donors (Lipinski definition) is 1. The van der Waals surface area contributed by atoms with Gasteiger partial charge in [0.15, 0.2) is 5.82 Å². The highest BCUT2D eigenvalue weighted by molar-refractivity contribution is 9.10. The molecule has 0 aliphatic carbocycles. The fourth-order valence-corrected chi connectivity index (χ4v) is 3.19. The van der Waals surface area contributed by atoms with Crippen LogP contribution in [-0.2, 0) is 11.3 Å².